The molecule has 37 heavy (non-hydrogen) atoms. The Hall–Kier alpha value is 0.230. The van der Waals surface area contributed by atoms with Gasteiger partial charge in [0.25, 0.3) is 0 Å². The summed E-state index contributed by atoms with van der Waals surface area (Å²) < 4.78 is 1.49. The van der Waals surface area contributed by atoms with Gasteiger partial charge in [0, 0.05) is 0 Å². The zero-order chi connectivity index (χ0) is 25.3. The summed E-state index contributed by atoms with van der Waals surface area (Å²) in [6.07, 6.45) is 7.92. The molecule has 0 saturated carbocycles. The normalized spacial score (nSPS) is 20.3. The van der Waals surface area contributed by atoms with E-state index in [1.165, 1.54) is 24.0 Å². The molecule has 200 valence electrons. The van der Waals surface area contributed by atoms with Gasteiger partial charge in [0.05, 0.1) is 0 Å². The van der Waals surface area contributed by atoms with E-state index in [2.05, 4.69) is 116 Å². The Morgan fingerprint density at radius 1 is 0.622 bits per heavy atom. The molecule has 0 bridgehead atoms. The van der Waals surface area contributed by atoms with Gasteiger partial charge < -0.3 is 24.8 Å². The Balaban J connectivity index is 0.00000241. The minimum absolute atomic E-state index is 0. The Bertz CT molecular complexity index is 1080. The first kappa shape index (κ1) is 33.4. The number of halogens is 2. The molecule has 0 spiro atoms. The van der Waals surface area contributed by atoms with Gasteiger partial charge in [-0.25, -0.2) is 0 Å². The third kappa shape index (κ3) is 6.94. The maximum absolute atomic E-state index is 2.68. The summed E-state index contributed by atoms with van der Waals surface area (Å²) in [5.74, 6) is 0. The molecule has 4 unspecified atom stereocenters. The van der Waals surface area contributed by atoms with Crippen LogP contribution in [-0.4, -0.2) is 22.6 Å². The van der Waals surface area contributed by atoms with Crippen LogP contribution in [-0.2, 0) is 22.9 Å². The molecule has 2 aliphatic rings. The molecule has 4 atom stereocenters. The average molecular weight is 740 g/mol. The fraction of sp³-hybridized carbons (Fsp3) is 0.500. The van der Waals surface area contributed by atoms with Crippen LogP contribution in [0, 0.1) is 0 Å². The van der Waals surface area contributed by atoms with E-state index in [-0.39, 0.29) is 40.7 Å². The van der Waals surface area contributed by atoms with E-state index in [1.807, 2.05) is 10.6 Å². The predicted octanol–water partition coefficient (Wildman–Crippen LogP) is 4.65. The van der Waals surface area contributed by atoms with Crippen molar-refractivity contribution in [3.8, 4) is 0 Å². The Kier molecular flexibility index (Phi) is 13.3. The van der Waals surface area contributed by atoms with Crippen LogP contribution in [0.15, 0.2) is 59.2 Å². The van der Waals surface area contributed by atoms with Gasteiger partial charge in [0.2, 0.25) is 0 Å². The molecule has 2 aromatic carbocycles. The molecular weight excluding hydrogens is 696 g/mol. The molecule has 0 fully saturated rings. The van der Waals surface area contributed by atoms with Crippen molar-refractivity contribution in [1.82, 2.24) is 0 Å². The van der Waals surface area contributed by atoms with Crippen LogP contribution >= 0.6 is 15.8 Å². The van der Waals surface area contributed by atoms with Crippen LogP contribution in [0.5, 0.6) is 0 Å². The van der Waals surface area contributed by atoms with Crippen molar-refractivity contribution in [1.29, 1.82) is 0 Å². The molecule has 0 aliphatic heterocycles. The van der Waals surface area contributed by atoms with Crippen molar-refractivity contribution in [3.63, 3.8) is 0 Å². The summed E-state index contributed by atoms with van der Waals surface area (Å²) in [6.45, 7) is 19.8. The molecule has 5 heteroatoms. The number of rotatable bonds is 10. The Labute approximate surface area is 253 Å². The van der Waals surface area contributed by atoms with Gasteiger partial charge in [-0.1, -0.05) is 0 Å². The second-order valence-electron chi connectivity index (χ2n) is 10.9. The topological polar surface area (TPSA) is 0 Å². The molecule has 0 nitrogen and oxygen atoms in total. The molecule has 2 aromatic rings. The van der Waals surface area contributed by atoms with Crippen LogP contribution in [0.4, 0.5) is 0 Å². The number of fused-ring (bicyclic) bond motifs is 2. The minimum atomic E-state index is -1.17. The van der Waals surface area contributed by atoms with Gasteiger partial charge in [-0.2, -0.15) is 0 Å². The fourth-order valence-corrected chi connectivity index (χ4v) is 23.3. The van der Waals surface area contributed by atoms with Crippen molar-refractivity contribution in [3.05, 3.63) is 81.4 Å². The zero-order valence-electron chi connectivity index (χ0n) is 23.8. The van der Waals surface area contributed by atoms with Crippen LogP contribution < -0.4 is 24.8 Å². The molecule has 2 aliphatic carbocycles. The maximum Gasteiger partial charge on any atom is -1.00 e. The second kappa shape index (κ2) is 14.7. The molecule has 0 amide bonds. The van der Waals surface area contributed by atoms with Crippen molar-refractivity contribution in [2.45, 2.75) is 98.2 Å². The monoisotopic (exact) mass is 740 g/mol. The van der Waals surface area contributed by atoms with E-state index >= 15 is 0 Å². The van der Waals surface area contributed by atoms with Gasteiger partial charge in [-0.05, 0) is 0 Å². The molecule has 0 heterocycles. The third-order valence-electron chi connectivity index (χ3n) is 7.99. The van der Waals surface area contributed by atoms with Crippen molar-refractivity contribution < 1.29 is 47.7 Å². The standard InChI is InChI=1S/C17H24P.C15H20P.2ClH.Hf/c1-5-13(3)18(14(4)6-2)17-11-15-9-7-8-10-16(15)12-17;1-11(2)16(12(3)4)15-9-13-7-5-6-8-14(13)10-15;;;/h7-14H,5-6H2,1-4H3;5-12H,1-4H3;2*1H;/q;;;;+2/p-2. The van der Waals surface area contributed by atoms with Crippen LogP contribution in [0.2, 0.25) is 0 Å². The Morgan fingerprint density at radius 2 is 1.00 bits per heavy atom. The first-order valence-corrected chi connectivity index (χ1v) is 20.8. The van der Waals surface area contributed by atoms with Crippen LogP contribution in [0.1, 0.15) is 97.8 Å². The van der Waals surface area contributed by atoms with Gasteiger partial charge in [-0.3, -0.25) is 0 Å². The molecule has 0 saturated heterocycles. The average Bonchev–Trinajstić information content (AvgIpc) is 3.37. The number of allylic oxidation sites excluding steroid dienone is 2. The van der Waals surface area contributed by atoms with E-state index in [0.29, 0.717) is 0 Å². The second-order valence-corrected chi connectivity index (χ2v) is 22.8. The van der Waals surface area contributed by atoms with E-state index in [9.17, 15) is 0 Å². The summed E-state index contributed by atoms with van der Waals surface area (Å²) in [7, 11) is -0.235. The number of benzene rings is 2. The first-order valence-electron chi connectivity index (χ1n) is 13.7. The van der Waals surface area contributed by atoms with E-state index < -0.39 is 22.9 Å². The van der Waals surface area contributed by atoms with Gasteiger partial charge in [-0.15, -0.1) is 0 Å². The molecule has 0 N–H and O–H groups in total. The number of hydrogen-bond acceptors (Lipinski definition) is 0. The smallest absolute Gasteiger partial charge is 1.00 e. The van der Waals surface area contributed by atoms with E-state index in [1.54, 1.807) is 11.1 Å². The minimum Gasteiger partial charge on any atom is -1.00 e. The van der Waals surface area contributed by atoms with E-state index in [0.717, 1.165) is 30.0 Å². The van der Waals surface area contributed by atoms with Crippen molar-refractivity contribution in [2.24, 2.45) is 0 Å². The van der Waals surface area contributed by atoms with Crippen LogP contribution in [0.3, 0.4) is 0 Å². The number of hydrogen-bond donors (Lipinski definition) is 0. The molecule has 0 radical (unpaired) electrons. The summed E-state index contributed by atoms with van der Waals surface area (Å²) in [6, 6.07) is 18.8. The van der Waals surface area contributed by atoms with Crippen molar-refractivity contribution in [2.75, 3.05) is 0 Å². The Morgan fingerprint density at radius 3 is 1.38 bits per heavy atom. The van der Waals surface area contributed by atoms with Gasteiger partial charge >= 0.3 is 231 Å². The third-order valence-corrected chi connectivity index (χ3v) is 23.4. The fourth-order valence-electron chi connectivity index (χ4n) is 6.11. The summed E-state index contributed by atoms with van der Waals surface area (Å²) in [4.78, 5) is 0. The summed E-state index contributed by atoms with van der Waals surface area (Å²) >= 11 is -1.17. The largest absolute Gasteiger partial charge is 1.00 e. The summed E-state index contributed by atoms with van der Waals surface area (Å²) in [5.41, 5.74) is 9.51. The van der Waals surface area contributed by atoms with Crippen LogP contribution in [0.25, 0.3) is 12.2 Å². The molecule has 4 rings (SSSR count). The quantitative estimate of drug-likeness (QED) is 0.246. The zero-order valence-corrected chi connectivity index (χ0v) is 30.7. The maximum atomic E-state index is 2.68. The van der Waals surface area contributed by atoms with Gasteiger partial charge in [0.15, 0.2) is 0 Å². The van der Waals surface area contributed by atoms with Crippen molar-refractivity contribution >= 4 is 28.0 Å². The predicted molar refractivity (Wildman–Crippen MR) is 158 cm³/mol. The first-order chi connectivity index (χ1) is 16.8. The van der Waals surface area contributed by atoms with Gasteiger partial charge in [0.1, 0.15) is 0 Å². The SMILES string of the molecule is CCC(C)P(C1=Cc2ccccc2[CH]1[Hf+2][CH]1C(P(C(C)C)C(C)C)=Cc2ccccc21)C(C)CC.[Cl-].[Cl-]. The molecular formula is C32H44Cl2HfP2. The summed E-state index contributed by atoms with van der Waals surface area (Å²) in [5, 5.41) is 3.71. The van der Waals surface area contributed by atoms with E-state index in [4.69, 9.17) is 0 Å². The molecule has 0 aromatic heterocycles.